The molecule has 0 spiro atoms. The lowest BCUT2D eigenvalue weighted by Gasteiger charge is -2.06. The summed E-state index contributed by atoms with van der Waals surface area (Å²) in [6.45, 7) is 2.31. The molecular formula is C17H16FN5O2. The maximum absolute atomic E-state index is 12.9. The zero-order valence-corrected chi connectivity index (χ0v) is 13.5. The van der Waals surface area contributed by atoms with E-state index in [0.717, 1.165) is 5.69 Å². The van der Waals surface area contributed by atoms with E-state index in [9.17, 15) is 14.0 Å². The molecule has 3 rings (SSSR count). The van der Waals surface area contributed by atoms with Crippen molar-refractivity contribution in [3.63, 3.8) is 0 Å². The Morgan fingerprint density at radius 2 is 2.00 bits per heavy atom. The molecule has 3 aromatic rings. The molecule has 2 N–H and O–H groups in total. The molecule has 0 aliphatic heterocycles. The first kappa shape index (κ1) is 16.6. The minimum atomic E-state index is -0.346. The van der Waals surface area contributed by atoms with Gasteiger partial charge in [0, 0.05) is 18.2 Å². The summed E-state index contributed by atoms with van der Waals surface area (Å²) in [5.74, 6) is -0.682. The van der Waals surface area contributed by atoms with Gasteiger partial charge in [-0.15, -0.1) is 0 Å². The highest BCUT2D eigenvalue weighted by Crippen LogP contribution is 2.17. The van der Waals surface area contributed by atoms with Crippen LogP contribution in [0.15, 0.2) is 47.3 Å². The number of carbonyl (C=O) groups excluding carboxylic acids is 1. The van der Waals surface area contributed by atoms with Gasteiger partial charge in [-0.3, -0.25) is 14.7 Å². The minimum absolute atomic E-state index is 0.222. The highest BCUT2D eigenvalue weighted by atomic mass is 19.1. The number of rotatable bonds is 5. The number of nitrogens with one attached hydrogen (secondary N) is 2. The zero-order valence-electron chi connectivity index (χ0n) is 13.5. The molecule has 0 atom stereocenters. The lowest BCUT2D eigenvalue weighted by molar-refractivity contribution is 0.0946. The van der Waals surface area contributed by atoms with Gasteiger partial charge in [-0.25, -0.2) is 9.07 Å². The van der Waals surface area contributed by atoms with Crippen molar-refractivity contribution in [2.75, 3.05) is 6.54 Å². The van der Waals surface area contributed by atoms with Gasteiger partial charge in [0.1, 0.15) is 11.5 Å². The summed E-state index contributed by atoms with van der Waals surface area (Å²) in [6.07, 6.45) is 0. The lowest BCUT2D eigenvalue weighted by Crippen LogP contribution is -2.32. The molecule has 0 saturated carbocycles. The smallest absolute Gasteiger partial charge is 0.269 e. The Labute approximate surface area is 142 Å². The Kier molecular flexibility index (Phi) is 4.69. The van der Waals surface area contributed by atoms with Crippen LogP contribution >= 0.6 is 0 Å². The summed E-state index contributed by atoms with van der Waals surface area (Å²) in [5, 5.41) is 13.5. The second-order valence-electron chi connectivity index (χ2n) is 5.47. The number of aromatic amines is 1. The van der Waals surface area contributed by atoms with Gasteiger partial charge < -0.3 is 5.32 Å². The average molecular weight is 341 g/mol. The molecule has 0 saturated heterocycles. The van der Waals surface area contributed by atoms with Crippen molar-refractivity contribution in [1.82, 2.24) is 25.3 Å². The van der Waals surface area contributed by atoms with E-state index in [0.29, 0.717) is 11.3 Å². The molecule has 0 fully saturated rings. The van der Waals surface area contributed by atoms with E-state index < -0.39 is 0 Å². The fraction of sp³-hybridized carbons (Fsp3) is 0.176. The third kappa shape index (κ3) is 3.97. The van der Waals surface area contributed by atoms with Crippen molar-refractivity contribution >= 4 is 5.91 Å². The van der Waals surface area contributed by atoms with E-state index in [4.69, 9.17) is 0 Å². The van der Waals surface area contributed by atoms with E-state index in [1.54, 1.807) is 31.2 Å². The maximum Gasteiger partial charge on any atom is 0.269 e. The highest BCUT2D eigenvalue weighted by Gasteiger charge is 2.11. The van der Waals surface area contributed by atoms with Crippen LogP contribution < -0.4 is 10.9 Å². The van der Waals surface area contributed by atoms with Crippen molar-refractivity contribution in [1.29, 1.82) is 0 Å². The second-order valence-corrected chi connectivity index (χ2v) is 5.47. The molecule has 25 heavy (non-hydrogen) atoms. The van der Waals surface area contributed by atoms with Crippen LogP contribution in [-0.4, -0.2) is 32.4 Å². The van der Waals surface area contributed by atoms with Crippen LogP contribution in [0.5, 0.6) is 0 Å². The molecule has 2 aromatic heterocycles. The standard InChI is InChI=1S/C17H16FN5O2/c1-11-2-7-16(24)23(22-11)9-8-19-17(25)15-10-14(20-21-15)12-3-5-13(18)6-4-12/h2-7,10H,8-9H2,1H3,(H,19,25)(H,20,21). The molecule has 0 bridgehead atoms. The Hall–Kier alpha value is -3.29. The first-order valence-electron chi connectivity index (χ1n) is 7.67. The molecule has 8 heteroatoms. The molecular weight excluding hydrogens is 325 g/mol. The van der Waals surface area contributed by atoms with Gasteiger partial charge in [0.05, 0.1) is 17.9 Å². The fourth-order valence-electron chi connectivity index (χ4n) is 2.29. The van der Waals surface area contributed by atoms with Crippen LogP contribution in [-0.2, 0) is 6.54 Å². The predicted octanol–water partition coefficient (Wildman–Crippen LogP) is 1.51. The number of nitrogens with zero attached hydrogens (tertiary/aromatic N) is 3. The number of amides is 1. The number of aromatic nitrogens is 4. The first-order chi connectivity index (χ1) is 12.0. The molecule has 2 heterocycles. The van der Waals surface area contributed by atoms with E-state index in [1.807, 2.05) is 0 Å². The summed E-state index contributed by atoms with van der Waals surface area (Å²) < 4.78 is 14.2. The molecule has 0 unspecified atom stereocenters. The van der Waals surface area contributed by atoms with Gasteiger partial charge >= 0.3 is 0 Å². The Morgan fingerprint density at radius 3 is 2.76 bits per heavy atom. The zero-order chi connectivity index (χ0) is 17.8. The van der Waals surface area contributed by atoms with Crippen LogP contribution in [0.4, 0.5) is 4.39 Å². The normalized spacial score (nSPS) is 10.6. The van der Waals surface area contributed by atoms with E-state index in [2.05, 4.69) is 20.6 Å². The summed E-state index contributed by atoms with van der Waals surface area (Å²) in [7, 11) is 0. The van der Waals surface area contributed by atoms with Crippen molar-refractivity contribution < 1.29 is 9.18 Å². The fourth-order valence-corrected chi connectivity index (χ4v) is 2.29. The number of aryl methyl sites for hydroxylation is 1. The summed E-state index contributed by atoms with van der Waals surface area (Å²) >= 11 is 0. The molecule has 0 aliphatic rings. The first-order valence-corrected chi connectivity index (χ1v) is 7.67. The van der Waals surface area contributed by atoms with E-state index in [-0.39, 0.29) is 36.1 Å². The van der Waals surface area contributed by atoms with Gasteiger partial charge in [0.15, 0.2) is 0 Å². The van der Waals surface area contributed by atoms with Crippen molar-refractivity contribution in [2.24, 2.45) is 0 Å². The third-order valence-electron chi connectivity index (χ3n) is 3.57. The Balaban J connectivity index is 1.61. The van der Waals surface area contributed by atoms with E-state index in [1.165, 1.54) is 22.9 Å². The van der Waals surface area contributed by atoms with Crippen molar-refractivity contribution in [2.45, 2.75) is 13.5 Å². The van der Waals surface area contributed by atoms with Gasteiger partial charge in [0.2, 0.25) is 0 Å². The monoisotopic (exact) mass is 341 g/mol. The largest absolute Gasteiger partial charge is 0.349 e. The van der Waals surface area contributed by atoms with Crippen molar-refractivity contribution in [3.05, 3.63) is 70.0 Å². The Morgan fingerprint density at radius 1 is 1.24 bits per heavy atom. The van der Waals surface area contributed by atoms with Crippen molar-refractivity contribution in [3.8, 4) is 11.3 Å². The average Bonchev–Trinajstić information content (AvgIpc) is 3.08. The lowest BCUT2D eigenvalue weighted by atomic mass is 10.1. The number of carbonyl (C=O) groups is 1. The summed E-state index contributed by atoms with van der Waals surface area (Å²) in [4.78, 5) is 23.8. The molecule has 1 amide bonds. The molecule has 0 radical (unpaired) electrons. The van der Waals surface area contributed by atoms with Crippen LogP contribution in [0.3, 0.4) is 0 Å². The number of hydrogen-bond acceptors (Lipinski definition) is 4. The molecule has 1 aromatic carbocycles. The highest BCUT2D eigenvalue weighted by molar-refractivity contribution is 5.93. The quantitative estimate of drug-likeness (QED) is 0.736. The predicted molar refractivity (Wildman–Crippen MR) is 89.5 cm³/mol. The SMILES string of the molecule is Cc1ccc(=O)n(CCNC(=O)c2cc(-c3ccc(F)cc3)n[nH]2)n1. The van der Waals surface area contributed by atoms with Gasteiger partial charge in [-0.05, 0) is 43.3 Å². The molecule has 0 aliphatic carbocycles. The Bertz CT molecular complexity index is 946. The third-order valence-corrected chi connectivity index (χ3v) is 3.57. The number of benzene rings is 1. The molecule has 128 valence electrons. The minimum Gasteiger partial charge on any atom is -0.349 e. The summed E-state index contributed by atoms with van der Waals surface area (Å²) in [6, 6.07) is 10.5. The van der Waals surface area contributed by atoms with Gasteiger partial charge in [-0.1, -0.05) is 0 Å². The van der Waals surface area contributed by atoms with Gasteiger partial charge in [-0.2, -0.15) is 10.2 Å². The number of H-pyrrole nitrogens is 1. The topological polar surface area (TPSA) is 92.7 Å². The van der Waals surface area contributed by atoms with Crippen LogP contribution in [0, 0.1) is 12.7 Å². The van der Waals surface area contributed by atoms with Crippen LogP contribution in [0.1, 0.15) is 16.2 Å². The van der Waals surface area contributed by atoms with Crippen LogP contribution in [0.25, 0.3) is 11.3 Å². The maximum atomic E-state index is 12.9. The number of hydrogen-bond donors (Lipinski definition) is 2. The number of halogens is 1. The van der Waals surface area contributed by atoms with E-state index >= 15 is 0 Å². The van der Waals surface area contributed by atoms with Crippen LogP contribution in [0.2, 0.25) is 0 Å². The summed E-state index contributed by atoms with van der Waals surface area (Å²) in [5.41, 5.74) is 2.03. The van der Waals surface area contributed by atoms with Gasteiger partial charge in [0.25, 0.3) is 11.5 Å². The second kappa shape index (κ2) is 7.08. The molecule has 7 nitrogen and oxygen atoms in total.